The quantitative estimate of drug-likeness (QED) is 0.161. The molecule has 32 heavy (non-hydrogen) atoms. The van der Waals surface area contributed by atoms with Crippen molar-refractivity contribution < 1.29 is 14.4 Å². The number of hydrogen-bond acceptors (Lipinski definition) is 8. The zero-order valence-corrected chi connectivity index (χ0v) is 19.2. The van der Waals surface area contributed by atoms with Crippen LogP contribution in [0.1, 0.15) is 38.9 Å². The number of oxime groups is 1. The van der Waals surface area contributed by atoms with Crippen LogP contribution in [0.3, 0.4) is 0 Å². The second kappa shape index (κ2) is 9.93. The van der Waals surface area contributed by atoms with Crippen LogP contribution in [0.5, 0.6) is 5.75 Å². The van der Waals surface area contributed by atoms with Crippen molar-refractivity contribution in [2.75, 3.05) is 13.2 Å². The Morgan fingerprint density at radius 3 is 2.81 bits per heavy atom. The number of furan rings is 1. The minimum atomic E-state index is 0.338. The van der Waals surface area contributed by atoms with Crippen LogP contribution in [-0.2, 0) is 6.54 Å². The van der Waals surface area contributed by atoms with E-state index in [4.69, 9.17) is 9.15 Å². The number of rotatable bonds is 9. The number of ether oxygens (including phenoxy) is 1. The van der Waals surface area contributed by atoms with E-state index in [1.54, 1.807) is 6.20 Å². The van der Waals surface area contributed by atoms with Crippen molar-refractivity contribution in [1.82, 2.24) is 15.3 Å². The summed E-state index contributed by atoms with van der Waals surface area (Å²) in [4.78, 5) is 9.72. The normalized spacial score (nSPS) is 11.9. The Labute approximate surface area is 190 Å². The first-order valence-electron chi connectivity index (χ1n) is 10.5. The van der Waals surface area contributed by atoms with E-state index >= 15 is 0 Å². The molecule has 2 N–H and O–H groups in total. The lowest BCUT2D eigenvalue weighted by molar-refractivity contribution is 0.311. The molecule has 1 aromatic carbocycles. The fourth-order valence-electron chi connectivity index (χ4n) is 3.49. The van der Waals surface area contributed by atoms with Crippen LogP contribution in [0.4, 0.5) is 0 Å². The highest BCUT2D eigenvalue weighted by Crippen LogP contribution is 2.35. The molecule has 4 aromatic rings. The lowest BCUT2D eigenvalue weighted by atomic mass is 10.1. The van der Waals surface area contributed by atoms with Gasteiger partial charge in [0, 0.05) is 29.4 Å². The molecule has 0 radical (unpaired) electrons. The third-order valence-corrected chi connectivity index (χ3v) is 6.35. The molecule has 0 amide bonds. The number of benzene rings is 1. The van der Waals surface area contributed by atoms with Gasteiger partial charge in [-0.1, -0.05) is 17.3 Å². The molecular formula is C24H26N4O3S. The van der Waals surface area contributed by atoms with E-state index in [0.29, 0.717) is 28.7 Å². The van der Waals surface area contributed by atoms with Crippen LogP contribution in [-0.4, -0.2) is 34.0 Å². The second-order valence-corrected chi connectivity index (χ2v) is 8.74. The summed E-state index contributed by atoms with van der Waals surface area (Å²) in [5.41, 5.74) is 3.97. The van der Waals surface area contributed by atoms with Crippen molar-refractivity contribution in [2.45, 2.75) is 33.7 Å². The van der Waals surface area contributed by atoms with Gasteiger partial charge in [0.2, 0.25) is 0 Å². The van der Waals surface area contributed by atoms with Gasteiger partial charge in [0.05, 0.1) is 17.7 Å². The minimum Gasteiger partial charge on any atom is -0.493 e. The number of hydrogen-bond donors (Lipinski definition) is 2. The summed E-state index contributed by atoms with van der Waals surface area (Å²) in [5, 5.41) is 18.1. The molecule has 0 spiro atoms. The van der Waals surface area contributed by atoms with Gasteiger partial charge in [0.15, 0.2) is 11.5 Å². The van der Waals surface area contributed by atoms with Gasteiger partial charge in [0.25, 0.3) is 0 Å². The fourth-order valence-corrected chi connectivity index (χ4v) is 4.38. The van der Waals surface area contributed by atoms with E-state index in [1.165, 1.54) is 11.3 Å². The Morgan fingerprint density at radius 1 is 1.22 bits per heavy atom. The van der Waals surface area contributed by atoms with Gasteiger partial charge >= 0.3 is 0 Å². The predicted molar refractivity (Wildman–Crippen MR) is 126 cm³/mol. The molecule has 3 aromatic heterocycles. The summed E-state index contributed by atoms with van der Waals surface area (Å²) in [5.74, 6) is 1.26. The second-order valence-electron chi connectivity index (χ2n) is 7.53. The van der Waals surface area contributed by atoms with Crippen LogP contribution in [0.15, 0.2) is 52.3 Å². The molecule has 7 nitrogen and oxygen atoms in total. The average Bonchev–Trinajstić information content (AvgIpc) is 3.31. The standard InChI is InChI=1S/C24H26N4O3S/c1-15-21-19(30-12-6-11-26-14-18-7-5-10-25-13-18)8-4-9-20(21)31-23(15)22(28-29)24-27-16(2)17(3)32-24/h4-5,7-10,13,26,29H,6,11-12,14H2,1-3H3. The molecule has 0 saturated heterocycles. The van der Waals surface area contributed by atoms with Gasteiger partial charge in [-0.2, -0.15) is 0 Å². The average molecular weight is 451 g/mol. The smallest absolute Gasteiger partial charge is 0.181 e. The Kier molecular flexibility index (Phi) is 6.82. The molecule has 0 aliphatic heterocycles. The van der Waals surface area contributed by atoms with E-state index in [1.807, 2.05) is 51.2 Å². The maximum atomic E-state index is 9.71. The molecule has 0 fully saturated rings. The first-order valence-corrected chi connectivity index (χ1v) is 11.3. The van der Waals surface area contributed by atoms with Crippen LogP contribution >= 0.6 is 11.3 Å². The molecule has 166 valence electrons. The SMILES string of the molecule is Cc1nc(C(=NO)c2oc3cccc(OCCCNCc4cccnc4)c3c2C)sc1C. The Bertz CT molecular complexity index is 1210. The number of nitrogens with one attached hydrogen (secondary N) is 1. The van der Waals surface area contributed by atoms with E-state index in [0.717, 1.165) is 52.3 Å². The number of nitrogens with zero attached hydrogens (tertiary/aromatic N) is 3. The third kappa shape index (κ3) is 4.66. The number of fused-ring (bicyclic) bond motifs is 1. The highest BCUT2D eigenvalue weighted by atomic mass is 32.1. The van der Waals surface area contributed by atoms with Crippen LogP contribution < -0.4 is 10.1 Å². The summed E-state index contributed by atoms with van der Waals surface area (Å²) in [6.07, 6.45) is 4.50. The summed E-state index contributed by atoms with van der Waals surface area (Å²) in [6, 6.07) is 9.71. The van der Waals surface area contributed by atoms with Crippen molar-refractivity contribution in [2.24, 2.45) is 5.16 Å². The molecule has 3 heterocycles. The van der Waals surface area contributed by atoms with E-state index in [9.17, 15) is 5.21 Å². The molecule has 4 rings (SSSR count). The van der Waals surface area contributed by atoms with Crippen molar-refractivity contribution in [3.05, 3.63) is 75.2 Å². The van der Waals surface area contributed by atoms with E-state index in [2.05, 4.69) is 26.5 Å². The summed E-state index contributed by atoms with van der Waals surface area (Å²) >= 11 is 1.48. The lowest BCUT2D eigenvalue weighted by Gasteiger charge is -2.08. The molecule has 0 atom stereocenters. The van der Waals surface area contributed by atoms with Gasteiger partial charge in [0.1, 0.15) is 16.3 Å². The van der Waals surface area contributed by atoms with Gasteiger partial charge in [-0.05, 0) is 57.5 Å². The highest BCUT2D eigenvalue weighted by molar-refractivity contribution is 7.14. The topological polar surface area (TPSA) is 92.8 Å². The van der Waals surface area contributed by atoms with Crippen LogP contribution in [0, 0.1) is 20.8 Å². The highest BCUT2D eigenvalue weighted by Gasteiger charge is 2.23. The van der Waals surface area contributed by atoms with Crippen LogP contribution in [0.25, 0.3) is 11.0 Å². The zero-order valence-electron chi connectivity index (χ0n) is 18.4. The number of aromatic nitrogens is 2. The number of pyridine rings is 1. The minimum absolute atomic E-state index is 0.338. The maximum absolute atomic E-state index is 9.71. The van der Waals surface area contributed by atoms with Crippen LogP contribution in [0.2, 0.25) is 0 Å². The summed E-state index contributed by atoms with van der Waals surface area (Å²) < 4.78 is 12.1. The Balaban J connectivity index is 1.45. The first kappa shape index (κ1) is 22.0. The molecule has 0 aliphatic carbocycles. The van der Waals surface area contributed by atoms with E-state index < -0.39 is 0 Å². The third-order valence-electron chi connectivity index (χ3n) is 5.27. The zero-order chi connectivity index (χ0) is 22.5. The number of aryl methyl sites for hydroxylation is 3. The molecular weight excluding hydrogens is 424 g/mol. The molecule has 0 saturated carbocycles. The van der Waals surface area contributed by atoms with Crippen molar-refractivity contribution in [3.8, 4) is 5.75 Å². The Hall–Kier alpha value is -3.23. The van der Waals surface area contributed by atoms with Gasteiger partial charge in [-0.25, -0.2) is 4.98 Å². The molecule has 8 heteroatoms. The fraction of sp³-hybridized carbons (Fsp3) is 0.292. The monoisotopic (exact) mass is 450 g/mol. The van der Waals surface area contributed by atoms with Crippen molar-refractivity contribution in [3.63, 3.8) is 0 Å². The predicted octanol–water partition coefficient (Wildman–Crippen LogP) is 4.99. The summed E-state index contributed by atoms with van der Waals surface area (Å²) in [6.45, 7) is 8.08. The molecule has 0 aliphatic rings. The van der Waals surface area contributed by atoms with Gasteiger partial charge < -0.3 is 19.7 Å². The maximum Gasteiger partial charge on any atom is 0.181 e. The Morgan fingerprint density at radius 2 is 2.09 bits per heavy atom. The first-order chi connectivity index (χ1) is 15.6. The largest absolute Gasteiger partial charge is 0.493 e. The molecule has 0 bridgehead atoms. The lowest BCUT2D eigenvalue weighted by Crippen LogP contribution is -2.17. The van der Waals surface area contributed by atoms with Gasteiger partial charge in [-0.15, -0.1) is 11.3 Å². The van der Waals surface area contributed by atoms with Crippen molar-refractivity contribution in [1.29, 1.82) is 0 Å². The van der Waals surface area contributed by atoms with E-state index in [-0.39, 0.29) is 0 Å². The van der Waals surface area contributed by atoms with Crippen molar-refractivity contribution >= 4 is 28.0 Å². The number of thiazole rings is 1. The van der Waals surface area contributed by atoms with Gasteiger partial charge in [-0.3, -0.25) is 4.98 Å². The molecule has 0 unspecified atom stereocenters. The summed E-state index contributed by atoms with van der Waals surface area (Å²) in [7, 11) is 0.